The number of hydrogen-bond donors (Lipinski definition) is 4. The highest BCUT2D eigenvalue weighted by molar-refractivity contribution is 5.05. The van der Waals surface area contributed by atoms with Crippen molar-refractivity contribution >= 4 is 0 Å². The van der Waals surface area contributed by atoms with E-state index in [9.17, 15) is 0 Å². The van der Waals surface area contributed by atoms with Crippen molar-refractivity contribution in [2.45, 2.75) is 45.7 Å². The van der Waals surface area contributed by atoms with Crippen LogP contribution >= 0.6 is 0 Å². The summed E-state index contributed by atoms with van der Waals surface area (Å²) in [6.07, 6.45) is -1.24. The molecule has 0 radical (unpaired) electrons. The molecule has 0 saturated carbocycles. The Bertz CT molecular complexity index is 270. The molecule has 0 aromatic rings. The summed E-state index contributed by atoms with van der Waals surface area (Å²) in [4.78, 5) is 0. The highest BCUT2D eigenvalue weighted by atomic mass is 16.7. The Morgan fingerprint density at radius 3 is 2.06 bits per heavy atom. The number of ether oxygens (including phenoxy) is 2. The van der Waals surface area contributed by atoms with E-state index in [1.807, 2.05) is 13.8 Å². The summed E-state index contributed by atoms with van der Waals surface area (Å²) in [5.41, 5.74) is 0.622. The summed E-state index contributed by atoms with van der Waals surface area (Å²) >= 11 is 0. The Hall–Kier alpha value is -0.660. The van der Waals surface area contributed by atoms with Crippen LogP contribution in [0, 0.1) is 0 Å². The molecule has 18 heavy (non-hydrogen) atoms. The van der Waals surface area contributed by atoms with E-state index >= 15 is 0 Å². The molecule has 108 valence electrons. The Labute approximate surface area is 107 Å². The standard InChI is InChI=1S/2C6H12O3/c1-6(2)8-4-5(3-7)9-6;1-4(2)6(9)5(8)3-7/h5,7H,3-4H2,1-2H3;5,7-9H,3H2,1-2H3. The van der Waals surface area contributed by atoms with Gasteiger partial charge in [0, 0.05) is 0 Å². The van der Waals surface area contributed by atoms with E-state index in [1.165, 1.54) is 0 Å². The zero-order chi connectivity index (χ0) is 14.3. The highest BCUT2D eigenvalue weighted by Crippen LogP contribution is 2.21. The van der Waals surface area contributed by atoms with Gasteiger partial charge in [0.25, 0.3) is 0 Å². The first-order chi connectivity index (χ1) is 8.23. The summed E-state index contributed by atoms with van der Waals surface area (Å²) in [7, 11) is 0. The van der Waals surface area contributed by atoms with Crippen LogP contribution in [-0.4, -0.2) is 58.2 Å². The number of aliphatic hydroxyl groups excluding tert-OH is 4. The molecule has 1 fully saturated rings. The molecule has 4 N–H and O–H groups in total. The van der Waals surface area contributed by atoms with E-state index < -0.39 is 18.5 Å². The van der Waals surface area contributed by atoms with Crippen LogP contribution in [0.25, 0.3) is 0 Å². The maximum Gasteiger partial charge on any atom is 0.163 e. The van der Waals surface area contributed by atoms with Crippen LogP contribution in [0.1, 0.15) is 27.7 Å². The maximum atomic E-state index is 8.86. The van der Waals surface area contributed by atoms with Gasteiger partial charge < -0.3 is 29.9 Å². The third-order valence-electron chi connectivity index (χ3n) is 2.27. The van der Waals surface area contributed by atoms with Crippen molar-refractivity contribution in [2.75, 3.05) is 19.8 Å². The van der Waals surface area contributed by atoms with E-state index in [1.54, 1.807) is 13.8 Å². The monoisotopic (exact) mass is 264 g/mol. The third kappa shape index (κ3) is 6.32. The zero-order valence-corrected chi connectivity index (χ0v) is 11.4. The van der Waals surface area contributed by atoms with Crippen molar-refractivity contribution in [3.05, 3.63) is 11.3 Å². The van der Waals surface area contributed by atoms with E-state index in [-0.39, 0.29) is 18.5 Å². The smallest absolute Gasteiger partial charge is 0.163 e. The van der Waals surface area contributed by atoms with Gasteiger partial charge in [0.15, 0.2) is 5.79 Å². The van der Waals surface area contributed by atoms with Gasteiger partial charge in [-0.2, -0.15) is 0 Å². The number of hydrogen-bond acceptors (Lipinski definition) is 6. The van der Waals surface area contributed by atoms with Crippen LogP contribution in [-0.2, 0) is 9.47 Å². The average molecular weight is 264 g/mol. The summed E-state index contributed by atoms with van der Waals surface area (Å²) < 4.78 is 10.4. The molecule has 2 atom stereocenters. The molecule has 2 unspecified atom stereocenters. The van der Waals surface area contributed by atoms with E-state index in [2.05, 4.69) is 0 Å². The van der Waals surface area contributed by atoms with Gasteiger partial charge in [-0.3, -0.25) is 0 Å². The zero-order valence-electron chi connectivity index (χ0n) is 11.4. The van der Waals surface area contributed by atoms with Gasteiger partial charge in [0.05, 0.1) is 19.8 Å². The number of rotatable bonds is 3. The number of allylic oxidation sites excluding steroid dienone is 1. The summed E-state index contributed by atoms with van der Waals surface area (Å²) in [6.45, 7) is 7.11. The van der Waals surface area contributed by atoms with Gasteiger partial charge in [0.2, 0.25) is 0 Å². The van der Waals surface area contributed by atoms with Crippen LogP contribution in [0.5, 0.6) is 0 Å². The van der Waals surface area contributed by atoms with Crippen molar-refractivity contribution in [3.8, 4) is 0 Å². The number of aliphatic hydroxyl groups is 4. The minimum Gasteiger partial charge on any atom is -0.510 e. The van der Waals surface area contributed by atoms with E-state index in [0.29, 0.717) is 12.2 Å². The molecule has 1 heterocycles. The lowest BCUT2D eigenvalue weighted by atomic mass is 10.2. The van der Waals surface area contributed by atoms with Crippen molar-refractivity contribution < 1.29 is 29.9 Å². The van der Waals surface area contributed by atoms with Gasteiger partial charge >= 0.3 is 0 Å². The lowest BCUT2D eigenvalue weighted by molar-refractivity contribution is -0.142. The predicted molar refractivity (Wildman–Crippen MR) is 66.1 cm³/mol. The molecule has 1 rings (SSSR count). The molecule has 0 amide bonds. The van der Waals surface area contributed by atoms with Crippen molar-refractivity contribution in [1.82, 2.24) is 0 Å². The van der Waals surface area contributed by atoms with Gasteiger partial charge in [-0.25, -0.2) is 0 Å². The largest absolute Gasteiger partial charge is 0.510 e. The first-order valence-electron chi connectivity index (χ1n) is 5.81. The minimum atomic E-state index is -1.12. The lowest BCUT2D eigenvalue weighted by Gasteiger charge is -2.15. The van der Waals surface area contributed by atoms with Crippen molar-refractivity contribution in [3.63, 3.8) is 0 Å². The molecule has 1 aliphatic heterocycles. The van der Waals surface area contributed by atoms with Gasteiger partial charge in [-0.05, 0) is 33.3 Å². The lowest BCUT2D eigenvalue weighted by Crippen LogP contribution is -2.22. The Morgan fingerprint density at radius 1 is 1.33 bits per heavy atom. The van der Waals surface area contributed by atoms with Gasteiger partial charge in [0.1, 0.15) is 18.0 Å². The van der Waals surface area contributed by atoms with Crippen molar-refractivity contribution in [2.24, 2.45) is 0 Å². The molecule has 0 bridgehead atoms. The summed E-state index contributed by atoms with van der Waals surface area (Å²) in [6, 6.07) is 0. The second-order valence-electron chi connectivity index (χ2n) is 4.72. The fourth-order valence-corrected chi connectivity index (χ4v) is 1.27. The van der Waals surface area contributed by atoms with Crippen LogP contribution in [0.2, 0.25) is 0 Å². The Balaban J connectivity index is 0.000000321. The molecule has 6 nitrogen and oxygen atoms in total. The second-order valence-corrected chi connectivity index (χ2v) is 4.72. The fraction of sp³-hybridized carbons (Fsp3) is 0.833. The molecular formula is C12H24O6. The molecule has 6 heteroatoms. The molecule has 0 aromatic carbocycles. The molecule has 0 spiro atoms. The summed E-state index contributed by atoms with van der Waals surface area (Å²) in [5, 5.41) is 34.5. The maximum absolute atomic E-state index is 8.86. The Kier molecular flexibility index (Phi) is 7.42. The second kappa shape index (κ2) is 7.70. The molecule has 1 aliphatic rings. The van der Waals surface area contributed by atoms with E-state index in [4.69, 9.17) is 29.9 Å². The topological polar surface area (TPSA) is 99.4 Å². The van der Waals surface area contributed by atoms with Gasteiger partial charge in [-0.15, -0.1) is 0 Å². The van der Waals surface area contributed by atoms with Crippen LogP contribution in [0.15, 0.2) is 11.3 Å². The first kappa shape index (κ1) is 17.3. The van der Waals surface area contributed by atoms with Gasteiger partial charge in [-0.1, -0.05) is 0 Å². The Morgan fingerprint density at radius 2 is 1.89 bits per heavy atom. The molecular weight excluding hydrogens is 240 g/mol. The highest BCUT2D eigenvalue weighted by Gasteiger charge is 2.31. The fourth-order valence-electron chi connectivity index (χ4n) is 1.27. The predicted octanol–water partition coefficient (Wildman–Crippen LogP) is 0.322. The quantitative estimate of drug-likeness (QED) is 0.548. The van der Waals surface area contributed by atoms with Crippen LogP contribution in [0.4, 0.5) is 0 Å². The molecule has 1 saturated heterocycles. The average Bonchev–Trinajstić information content (AvgIpc) is 2.67. The molecule has 0 aromatic heterocycles. The normalized spacial score (nSPS) is 22.9. The summed E-state index contributed by atoms with van der Waals surface area (Å²) in [5.74, 6) is -0.634. The van der Waals surface area contributed by atoms with Crippen LogP contribution in [0.3, 0.4) is 0 Å². The van der Waals surface area contributed by atoms with Crippen molar-refractivity contribution in [1.29, 1.82) is 0 Å². The molecule has 0 aliphatic carbocycles. The van der Waals surface area contributed by atoms with E-state index in [0.717, 1.165) is 0 Å². The third-order valence-corrected chi connectivity index (χ3v) is 2.27. The first-order valence-corrected chi connectivity index (χ1v) is 5.81. The van der Waals surface area contributed by atoms with Crippen LogP contribution < -0.4 is 0 Å². The SMILES string of the molecule is CC(C)=C(O)C(O)CO.CC1(C)OCC(CO)O1. The minimum absolute atomic E-state index is 0.0451.